The second-order valence-corrected chi connectivity index (χ2v) is 6.31. The maximum atomic E-state index is 6.13. The van der Waals surface area contributed by atoms with Gasteiger partial charge in [0.2, 0.25) is 0 Å². The van der Waals surface area contributed by atoms with Crippen molar-refractivity contribution in [2.45, 2.75) is 46.0 Å². The molecule has 0 unspecified atom stereocenters. The molecule has 1 aromatic carbocycles. The van der Waals surface area contributed by atoms with Crippen LogP contribution in [0.15, 0.2) is 18.2 Å². The molecular formula is C16H24OS. The number of aryl methyl sites for hydroxylation is 1. The molecule has 0 spiro atoms. The largest absolute Gasteiger partial charge is 0.493 e. The van der Waals surface area contributed by atoms with Crippen LogP contribution in [0.25, 0.3) is 0 Å². The molecule has 18 heavy (non-hydrogen) atoms. The summed E-state index contributed by atoms with van der Waals surface area (Å²) in [6.07, 6.45) is 3.85. The lowest BCUT2D eigenvalue weighted by atomic mass is 9.71. The van der Waals surface area contributed by atoms with Gasteiger partial charge in [-0.15, -0.1) is 0 Å². The number of thiol groups is 1. The summed E-state index contributed by atoms with van der Waals surface area (Å²) < 4.78 is 6.13. The summed E-state index contributed by atoms with van der Waals surface area (Å²) in [5.41, 5.74) is 2.92. The van der Waals surface area contributed by atoms with Gasteiger partial charge in [0.25, 0.3) is 0 Å². The van der Waals surface area contributed by atoms with Crippen LogP contribution in [0.1, 0.15) is 50.2 Å². The van der Waals surface area contributed by atoms with Crippen molar-refractivity contribution in [1.82, 2.24) is 0 Å². The first-order valence-electron chi connectivity index (χ1n) is 6.90. The molecule has 0 heterocycles. The Morgan fingerprint density at radius 3 is 2.56 bits per heavy atom. The van der Waals surface area contributed by atoms with Crippen molar-refractivity contribution in [3.05, 3.63) is 29.3 Å². The number of hydrogen-bond donors (Lipinski definition) is 1. The Hall–Kier alpha value is -0.630. The predicted molar refractivity (Wildman–Crippen MR) is 80.9 cm³/mol. The van der Waals surface area contributed by atoms with Gasteiger partial charge in [0.15, 0.2) is 0 Å². The fourth-order valence-electron chi connectivity index (χ4n) is 2.50. The van der Waals surface area contributed by atoms with Crippen molar-refractivity contribution in [2.75, 3.05) is 12.4 Å². The standard InChI is InChI=1S/C16H24OS/c1-12(2)14-6-5-13(3)9-15(14)17-10-16(11-18)7-4-8-16/h5-6,9,12,18H,4,7-8,10-11H2,1-3H3. The highest BCUT2D eigenvalue weighted by Gasteiger charge is 2.36. The zero-order chi connectivity index (χ0) is 13.2. The van der Waals surface area contributed by atoms with Crippen LogP contribution in [-0.4, -0.2) is 12.4 Å². The Kier molecular flexibility index (Phi) is 4.26. The molecule has 0 amide bonds. The van der Waals surface area contributed by atoms with Gasteiger partial charge < -0.3 is 4.74 Å². The Bertz CT molecular complexity index is 402. The average molecular weight is 264 g/mol. The first-order valence-corrected chi connectivity index (χ1v) is 7.54. The molecule has 1 aliphatic carbocycles. The van der Waals surface area contributed by atoms with E-state index < -0.39 is 0 Å². The van der Waals surface area contributed by atoms with E-state index in [4.69, 9.17) is 4.74 Å². The molecule has 1 nitrogen and oxygen atoms in total. The van der Waals surface area contributed by atoms with Gasteiger partial charge in [-0.1, -0.05) is 32.4 Å². The monoisotopic (exact) mass is 264 g/mol. The molecule has 2 heteroatoms. The molecule has 0 aliphatic heterocycles. The number of benzene rings is 1. The molecule has 0 radical (unpaired) electrons. The lowest BCUT2D eigenvalue weighted by Crippen LogP contribution is -2.37. The SMILES string of the molecule is Cc1ccc(C(C)C)c(OCC2(CS)CCC2)c1. The summed E-state index contributed by atoms with van der Waals surface area (Å²) in [5.74, 6) is 2.52. The summed E-state index contributed by atoms with van der Waals surface area (Å²) in [5, 5.41) is 0. The second kappa shape index (κ2) is 5.56. The van der Waals surface area contributed by atoms with E-state index in [1.165, 1.54) is 30.4 Å². The summed E-state index contributed by atoms with van der Waals surface area (Å²) in [6.45, 7) is 7.37. The summed E-state index contributed by atoms with van der Waals surface area (Å²) in [4.78, 5) is 0. The van der Waals surface area contributed by atoms with Crippen molar-refractivity contribution in [2.24, 2.45) is 5.41 Å². The van der Waals surface area contributed by atoms with Crippen LogP contribution in [0.3, 0.4) is 0 Å². The normalized spacial score (nSPS) is 17.6. The van der Waals surface area contributed by atoms with Crippen LogP contribution in [0.4, 0.5) is 0 Å². The number of ether oxygens (including phenoxy) is 1. The molecule has 1 aliphatic rings. The molecule has 0 bridgehead atoms. The zero-order valence-electron chi connectivity index (χ0n) is 11.7. The van der Waals surface area contributed by atoms with E-state index in [2.05, 4.69) is 51.6 Å². The third kappa shape index (κ3) is 2.85. The van der Waals surface area contributed by atoms with Gasteiger partial charge in [0, 0.05) is 5.41 Å². The van der Waals surface area contributed by atoms with Crippen LogP contribution < -0.4 is 4.74 Å². The van der Waals surface area contributed by atoms with Crippen LogP contribution in [0, 0.1) is 12.3 Å². The maximum absolute atomic E-state index is 6.13. The molecule has 1 fully saturated rings. The Labute approximate surface area is 116 Å². The molecule has 0 aromatic heterocycles. The van der Waals surface area contributed by atoms with Gasteiger partial charge in [-0.2, -0.15) is 12.6 Å². The van der Waals surface area contributed by atoms with E-state index in [9.17, 15) is 0 Å². The van der Waals surface area contributed by atoms with E-state index in [1.54, 1.807) is 0 Å². The lowest BCUT2D eigenvalue weighted by molar-refractivity contribution is 0.0822. The Morgan fingerprint density at radius 1 is 1.33 bits per heavy atom. The Morgan fingerprint density at radius 2 is 2.06 bits per heavy atom. The van der Waals surface area contributed by atoms with E-state index >= 15 is 0 Å². The molecule has 1 aromatic rings. The highest BCUT2D eigenvalue weighted by molar-refractivity contribution is 7.80. The highest BCUT2D eigenvalue weighted by Crippen LogP contribution is 2.42. The summed E-state index contributed by atoms with van der Waals surface area (Å²) in [7, 11) is 0. The number of rotatable bonds is 5. The minimum Gasteiger partial charge on any atom is -0.493 e. The van der Waals surface area contributed by atoms with Crippen LogP contribution in [0.5, 0.6) is 5.75 Å². The van der Waals surface area contributed by atoms with Gasteiger partial charge in [-0.3, -0.25) is 0 Å². The molecule has 0 atom stereocenters. The minimum absolute atomic E-state index is 0.334. The van der Waals surface area contributed by atoms with Crippen LogP contribution >= 0.6 is 12.6 Å². The van der Waals surface area contributed by atoms with E-state index in [1.807, 2.05) is 0 Å². The van der Waals surface area contributed by atoms with E-state index in [0.717, 1.165) is 18.1 Å². The topological polar surface area (TPSA) is 9.23 Å². The van der Waals surface area contributed by atoms with Gasteiger partial charge in [0.05, 0.1) is 6.61 Å². The van der Waals surface area contributed by atoms with Crippen molar-refractivity contribution in [3.8, 4) is 5.75 Å². The molecule has 0 saturated heterocycles. The summed E-state index contributed by atoms with van der Waals surface area (Å²) >= 11 is 4.49. The molecule has 2 rings (SSSR count). The maximum Gasteiger partial charge on any atom is 0.123 e. The fourth-order valence-corrected chi connectivity index (χ4v) is 2.91. The molecule has 100 valence electrons. The van der Waals surface area contributed by atoms with Gasteiger partial charge in [0.1, 0.15) is 5.75 Å². The lowest BCUT2D eigenvalue weighted by Gasteiger charge is -2.40. The number of hydrogen-bond acceptors (Lipinski definition) is 2. The van der Waals surface area contributed by atoms with E-state index in [-0.39, 0.29) is 0 Å². The second-order valence-electron chi connectivity index (χ2n) is 6.00. The average Bonchev–Trinajstić information content (AvgIpc) is 2.28. The molecule has 0 N–H and O–H groups in total. The Balaban J connectivity index is 2.10. The van der Waals surface area contributed by atoms with Crippen molar-refractivity contribution in [1.29, 1.82) is 0 Å². The minimum atomic E-state index is 0.334. The summed E-state index contributed by atoms with van der Waals surface area (Å²) in [6, 6.07) is 6.53. The van der Waals surface area contributed by atoms with Crippen molar-refractivity contribution < 1.29 is 4.74 Å². The third-order valence-electron chi connectivity index (χ3n) is 4.07. The van der Waals surface area contributed by atoms with Gasteiger partial charge >= 0.3 is 0 Å². The smallest absolute Gasteiger partial charge is 0.123 e. The van der Waals surface area contributed by atoms with Crippen LogP contribution in [0.2, 0.25) is 0 Å². The zero-order valence-corrected chi connectivity index (χ0v) is 12.6. The third-order valence-corrected chi connectivity index (χ3v) is 4.75. The first-order chi connectivity index (χ1) is 8.56. The quantitative estimate of drug-likeness (QED) is 0.765. The van der Waals surface area contributed by atoms with Gasteiger partial charge in [-0.25, -0.2) is 0 Å². The van der Waals surface area contributed by atoms with Crippen molar-refractivity contribution >= 4 is 12.6 Å². The van der Waals surface area contributed by atoms with Crippen molar-refractivity contribution in [3.63, 3.8) is 0 Å². The highest BCUT2D eigenvalue weighted by atomic mass is 32.1. The predicted octanol–water partition coefficient (Wildman–Crippen LogP) is 4.60. The molecule has 1 saturated carbocycles. The van der Waals surface area contributed by atoms with Gasteiger partial charge in [-0.05, 0) is 48.6 Å². The molecular weight excluding hydrogens is 240 g/mol. The van der Waals surface area contributed by atoms with E-state index in [0.29, 0.717) is 11.3 Å². The fraction of sp³-hybridized carbons (Fsp3) is 0.625. The van der Waals surface area contributed by atoms with Crippen LogP contribution in [-0.2, 0) is 0 Å². The first kappa shape index (κ1) is 13.8.